The number of halogens is 1. The molecule has 94 valence electrons. The third-order valence-corrected chi connectivity index (χ3v) is 3.53. The number of hydrogen-bond acceptors (Lipinski definition) is 3. The number of rotatable bonds is 5. The van der Waals surface area contributed by atoms with Crippen LogP contribution in [0.4, 0.5) is 5.69 Å². The molecule has 0 radical (unpaired) electrons. The van der Waals surface area contributed by atoms with E-state index < -0.39 is 10.8 Å². The van der Waals surface area contributed by atoms with E-state index in [-0.39, 0.29) is 24.0 Å². The van der Waals surface area contributed by atoms with E-state index >= 15 is 0 Å². The molecular formula is C11H14ClNO3S. The maximum absolute atomic E-state index is 11.5. The van der Waals surface area contributed by atoms with E-state index in [1.165, 1.54) is 0 Å². The topological polar surface area (TPSA) is 66.4 Å². The molecule has 1 rings (SSSR count). The Labute approximate surface area is 107 Å². The molecule has 1 atom stereocenters. The Morgan fingerprint density at radius 1 is 1.53 bits per heavy atom. The van der Waals surface area contributed by atoms with E-state index in [1.807, 2.05) is 6.92 Å². The highest BCUT2D eigenvalue weighted by molar-refractivity contribution is 7.85. The molecule has 0 saturated carbocycles. The van der Waals surface area contributed by atoms with E-state index in [1.54, 1.807) is 18.2 Å². The Kier molecular flexibility index (Phi) is 5.61. The summed E-state index contributed by atoms with van der Waals surface area (Å²) in [6.07, 6.45) is 0. The molecule has 0 bridgehead atoms. The largest absolute Gasteiger partial charge is 0.395 e. The van der Waals surface area contributed by atoms with Gasteiger partial charge in [-0.2, -0.15) is 0 Å². The zero-order chi connectivity index (χ0) is 12.8. The quantitative estimate of drug-likeness (QED) is 0.852. The van der Waals surface area contributed by atoms with E-state index in [0.717, 1.165) is 5.56 Å². The lowest BCUT2D eigenvalue weighted by Gasteiger charge is -2.08. The molecule has 0 fully saturated rings. The number of anilines is 1. The highest BCUT2D eigenvalue weighted by atomic mass is 35.5. The van der Waals surface area contributed by atoms with E-state index in [0.29, 0.717) is 10.7 Å². The number of hydrogen-bond donors (Lipinski definition) is 2. The van der Waals surface area contributed by atoms with Gasteiger partial charge in [-0.25, -0.2) is 0 Å². The van der Waals surface area contributed by atoms with Gasteiger partial charge in [0.25, 0.3) is 0 Å². The van der Waals surface area contributed by atoms with Crippen LogP contribution in [-0.4, -0.2) is 33.3 Å². The van der Waals surface area contributed by atoms with Crippen LogP contribution in [0.25, 0.3) is 0 Å². The van der Waals surface area contributed by atoms with Crippen LogP contribution < -0.4 is 5.32 Å². The summed E-state index contributed by atoms with van der Waals surface area (Å²) in [6.45, 7) is 1.64. The van der Waals surface area contributed by atoms with Gasteiger partial charge >= 0.3 is 0 Å². The van der Waals surface area contributed by atoms with Gasteiger partial charge in [-0.15, -0.1) is 0 Å². The average molecular weight is 276 g/mol. The summed E-state index contributed by atoms with van der Waals surface area (Å²) < 4.78 is 11.3. The molecule has 0 saturated heterocycles. The Hall–Kier alpha value is -0.910. The fourth-order valence-corrected chi connectivity index (χ4v) is 2.21. The van der Waals surface area contributed by atoms with Crippen LogP contribution in [0.15, 0.2) is 18.2 Å². The highest BCUT2D eigenvalue weighted by Crippen LogP contribution is 2.19. The lowest BCUT2D eigenvalue weighted by Crippen LogP contribution is -2.22. The summed E-state index contributed by atoms with van der Waals surface area (Å²) in [5.41, 5.74) is 1.50. The molecule has 0 aliphatic rings. The van der Waals surface area contributed by atoms with Gasteiger partial charge in [-0.05, 0) is 30.7 Å². The summed E-state index contributed by atoms with van der Waals surface area (Å²) in [5, 5.41) is 11.8. The lowest BCUT2D eigenvalue weighted by atomic mass is 10.2. The maximum atomic E-state index is 11.5. The van der Waals surface area contributed by atoms with E-state index in [9.17, 15) is 9.00 Å². The van der Waals surface area contributed by atoms with Crippen molar-refractivity contribution in [3.8, 4) is 0 Å². The van der Waals surface area contributed by atoms with Gasteiger partial charge in [0.05, 0.1) is 6.61 Å². The van der Waals surface area contributed by atoms with Crippen molar-refractivity contribution in [2.24, 2.45) is 0 Å². The van der Waals surface area contributed by atoms with Crippen molar-refractivity contribution >= 4 is 34.0 Å². The summed E-state index contributed by atoms with van der Waals surface area (Å²) in [6, 6.07) is 5.11. The number of aliphatic hydroxyl groups is 1. The van der Waals surface area contributed by atoms with Crippen molar-refractivity contribution in [3.63, 3.8) is 0 Å². The molecule has 1 aromatic carbocycles. The predicted octanol–water partition coefficient (Wildman–Crippen LogP) is 1.33. The van der Waals surface area contributed by atoms with Crippen molar-refractivity contribution < 1.29 is 14.1 Å². The molecule has 17 heavy (non-hydrogen) atoms. The molecule has 0 aliphatic carbocycles. The van der Waals surface area contributed by atoms with Gasteiger partial charge in [-0.1, -0.05) is 11.6 Å². The van der Waals surface area contributed by atoms with Crippen LogP contribution in [0.1, 0.15) is 5.56 Å². The minimum Gasteiger partial charge on any atom is -0.395 e. The van der Waals surface area contributed by atoms with Gasteiger partial charge in [0.1, 0.15) is 5.75 Å². The highest BCUT2D eigenvalue weighted by Gasteiger charge is 2.09. The molecule has 2 N–H and O–H groups in total. The lowest BCUT2D eigenvalue weighted by molar-refractivity contribution is -0.113. The molecule has 0 heterocycles. The minimum atomic E-state index is -1.32. The normalized spacial score (nSPS) is 12.2. The maximum Gasteiger partial charge on any atom is 0.236 e. The summed E-state index contributed by atoms with van der Waals surface area (Å²) in [5.74, 6) is -0.322. The fraction of sp³-hybridized carbons (Fsp3) is 0.364. The SMILES string of the molecule is Cc1cc(Cl)ccc1NC(=O)CS(=O)CCO. The first-order chi connectivity index (χ1) is 8.02. The predicted molar refractivity (Wildman–Crippen MR) is 69.8 cm³/mol. The van der Waals surface area contributed by atoms with Gasteiger partial charge in [-0.3, -0.25) is 9.00 Å². The zero-order valence-electron chi connectivity index (χ0n) is 9.40. The molecule has 6 heteroatoms. The molecule has 0 aliphatic heterocycles. The van der Waals surface area contributed by atoms with Gasteiger partial charge in [0.15, 0.2) is 0 Å². The molecule has 1 amide bonds. The minimum absolute atomic E-state index is 0.109. The van der Waals surface area contributed by atoms with Crippen LogP contribution in [0.5, 0.6) is 0 Å². The number of amides is 1. The standard InChI is InChI=1S/C11H14ClNO3S/c1-8-6-9(12)2-3-10(8)13-11(15)7-17(16)5-4-14/h2-3,6,14H,4-5,7H2,1H3,(H,13,15). The number of nitrogens with one attached hydrogen (secondary N) is 1. The monoisotopic (exact) mass is 275 g/mol. The van der Waals surface area contributed by atoms with Crippen LogP contribution in [0, 0.1) is 6.92 Å². The second kappa shape index (κ2) is 6.74. The summed E-state index contributed by atoms with van der Waals surface area (Å²) in [7, 11) is -1.32. The number of carbonyl (C=O) groups excluding carboxylic acids is 1. The first-order valence-corrected chi connectivity index (χ1v) is 6.91. The first-order valence-electron chi connectivity index (χ1n) is 5.04. The van der Waals surface area contributed by atoms with Crippen molar-refractivity contribution in [1.29, 1.82) is 0 Å². The Balaban J connectivity index is 2.59. The van der Waals surface area contributed by atoms with E-state index in [4.69, 9.17) is 16.7 Å². The second-order valence-electron chi connectivity index (χ2n) is 3.52. The van der Waals surface area contributed by atoms with Crippen molar-refractivity contribution in [1.82, 2.24) is 0 Å². The summed E-state index contributed by atoms with van der Waals surface area (Å²) in [4.78, 5) is 11.5. The van der Waals surface area contributed by atoms with Crippen LogP contribution >= 0.6 is 11.6 Å². The van der Waals surface area contributed by atoms with Crippen LogP contribution in [-0.2, 0) is 15.6 Å². The summed E-state index contributed by atoms with van der Waals surface area (Å²) >= 11 is 5.79. The number of benzene rings is 1. The van der Waals surface area contributed by atoms with Crippen LogP contribution in [0.3, 0.4) is 0 Å². The molecule has 0 aromatic heterocycles. The smallest absolute Gasteiger partial charge is 0.236 e. The Bertz CT molecular complexity index is 437. The van der Waals surface area contributed by atoms with Crippen molar-refractivity contribution in [2.75, 3.05) is 23.4 Å². The number of carbonyl (C=O) groups is 1. The van der Waals surface area contributed by atoms with Gasteiger partial charge < -0.3 is 10.4 Å². The van der Waals surface area contributed by atoms with Crippen LogP contribution in [0.2, 0.25) is 5.02 Å². The fourth-order valence-electron chi connectivity index (χ4n) is 1.27. The van der Waals surface area contributed by atoms with Gasteiger partial charge in [0.2, 0.25) is 5.91 Å². The third kappa shape index (κ3) is 4.85. The molecule has 1 aromatic rings. The molecule has 0 spiro atoms. The first kappa shape index (κ1) is 14.2. The van der Waals surface area contributed by atoms with Gasteiger partial charge in [0, 0.05) is 27.3 Å². The number of aliphatic hydroxyl groups excluding tert-OH is 1. The van der Waals surface area contributed by atoms with E-state index in [2.05, 4.69) is 5.32 Å². The third-order valence-electron chi connectivity index (χ3n) is 2.07. The molecular weight excluding hydrogens is 262 g/mol. The Morgan fingerprint density at radius 2 is 2.24 bits per heavy atom. The molecule has 4 nitrogen and oxygen atoms in total. The zero-order valence-corrected chi connectivity index (χ0v) is 11.0. The van der Waals surface area contributed by atoms with Crippen molar-refractivity contribution in [2.45, 2.75) is 6.92 Å². The Morgan fingerprint density at radius 3 is 2.82 bits per heavy atom. The second-order valence-corrected chi connectivity index (χ2v) is 5.53. The number of aryl methyl sites for hydroxylation is 1. The van der Waals surface area contributed by atoms with Crippen molar-refractivity contribution in [3.05, 3.63) is 28.8 Å². The average Bonchev–Trinajstić information content (AvgIpc) is 2.22. The molecule has 1 unspecified atom stereocenters.